The highest BCUT2D eigenvalue weighted by Crippen LogP contribution is 2.32. The Kier molecular flexibility index (Phi) is 3.82. The van der Waals surface area contributed by atoms with Crippen LogP contribution in [0.3, 0.4) is 0 Å². The van der Waals surface area contributed by atoms with Crippen LogP contribution in [0, 0.1) is 5.92 Å². The van der Waals surface area contributed by atoms with Gasteiger partial charge in [0.2, 0.25) is 0 Å². The molecule has 1 aromatic rings. The predicted octanol–water partition coefficient (Wildman–Crippen LogP) is 3.94. The molecule has 94 valence electrons. The molecule has 0 saturated heterocycles. The van der Waals surface area contributed by atoms with Crippen LogP contribution in [0.25, 0.3) is 0 Å². The fourth-order valence-corrected chi connectivity index (χ4v) is 2.85. The van der Waals surface area contributed by atoms with E-state index >= 15 is 0 Å². The zero-order valence-electron chi connectivity index (χ0n) is 10.6. The quantitative estimate of drug-likeness (QED) is 0.808. The summed E-state index contributed by atoms with van der Waals surface area (Å²) in [7, 11) is 2.14. The van der Waals surface area contributed by atoms with Gasteiger partial charge in [0, 0.05) is 18.1 Å². The fraction of sp³-hybridized carbons (Fsp3) is 0.571. The Morgan fingerprint density at radius 3 is 2.47 bits per heavy atom. The lowest BCUT2D eigenvalue weighted by atomic mass is 9.86. The minimum Gasteiger partial charge on any atom is -0.397 e. The normalized spacial score (nSPS) is 24.6. The third-order valence-corrected chi connectivity index (χ3v) is 4.14. The van der Waals surface area contributed by atoms with Gasteiger partial charge in [-0.3, -0.25) is 0 Å². The molecule has 0 heterocycles. The van der Waals surface area contributed by atoms with Crippen molar-refractivity contribution in [2.24, 2.45) is 5.92 Å². The summed E-state index contributed by atoms with van der Waals surface area (Å²) in [5, 5.41) is 0.705. The first kappa shape index (κ1) is 12.6. The Balaban J connectivity index is 2.11. The van der Waals surface area contributed by atoms with Crippen LogP contribution in [0.15, 0.2) is 18.2 Å². The summed E-state index contributed by atoms with van der Waals surface area (Å²) in [6, 6.07) is 6.39. The highest BCUT2D eigenvalue weighted by atomic mass is 35.5. The standard InChI is InChI=1S/C14H21ClN2/c1-10-3-6-12(7-4-10)17(2)14-8-5-11(15)9-13(14)16/h5,8-10,12H,3-4,6-7,16H2,1-2H3. The summed E-state index contributed by atoms with van der Waals surface area (Å²) in [6.07, 6.45) is 5.17. The van der Waals surface area contributed by atoms with Crippen molar-refractivity contribution < 1.29 is 0 Å². The third-order valence-electron chi connectivity index (χ3n) is 3.90. The van der Waals surface area contributed by atoms with Gasteiger partial charge >= 0.3 is 0 Å². The SMILES string of the molecule is CC1CCC(N(C)c2ccc(Cl)cc2N)CC1. The van der Waals surface area contributed by atoms with Gasteiger partial charge in [-0.05, 0) is 49.8 Å². The lowest BCUT2D eigenvalue weighted by Gasteiger charge is -2.35. The molecule has 17 heavy (non-hydrogen) atoms. The van der Waals surface area contributed by atoms with E-state index in [1.807, 2.05) is 18.2 Å². The maximum absolute atomic E-state index is 6.03. The van der Waals surface area contributed by atoms with Crippen LogP contribution in [0.1, 0.15) is 32.6 Å². The summed E-state index contributed by atoms with van der Waals surface area (Å²) < 4.78 is 0. The van der Waals surface area contributed by atoms with Crippen molar-refractivity contribution in [1.29, 1.82) is 0 Å². The molecule has 1 saturated carbocycles. The third kappa shape index (κ3) is 2.86. The number of hydrogen-bond acceptors (Lipinski definition) is 2. The van der Waals surface area contributed by atoms with E-state index < -0.39 is 0 Å². The van der Waals surface area contributed by atoms with Crippen molar-refractivity contribution in [3.63, 3.8) is 0 Å². The number of nitrogen functional groups attached to an aromatic ring is 1. The topological polar surface area (TPSA) is 29.3 Å². The zero-order chi connectivity index (χ0) is 12.4. The number of rotatable bonds is 2. The first-order chi connectivity index (χ1) is 8.08. The molecule has 0 aromatic heterocycles. The van der Waals surface area contributed by atoms with Crippen LogP contribution in [0.4, 0.5) is 11.4 Å². The molecular weight excluding hydrogens is 232 g/mol. The van der Waals surface area contributed by atoms with Crippen molar-refractivity contribution in [3.05, 3.63) is 23.2 Å². The van der Waals surface area contributed by atoms with Gasteiger partial charge in [0.25, 0.3) is 0 Å². The fourth-order valence-electron chi connectivity index (χ4n) is 2.67. The largest absolute Gasteiger partial charge is 0.397 e. The average Bonchev–Trinajstić information content (AvgIpc) is 2.29. The zero-order valence-corrected chi connectivity index (χ0v) is 11.4. The molecule has 1 fully saturated rings. The summed E-state index contributed by atoms with van der Waals surface area (Å²) >= 11 is 5.93. The van der Waals surface area contributed by atoms with Crippen molar-refractivity contribution in [2.45, 2.75) is 38.6 Å². The molecule has 1 aliphatic carbocycles. The molecule has 1 aliphatic rings. The maximum atomic E-state index is 6.03. The van der Waals surface area contributed by atoms with Gasteiger partial charge in [-0.2, -0.15) is 0 Å². The average molecular weight is 253 g/mol. The predicted molar refractivity (Wildman–Crippen MR) is 75.7 cm³/mol. The van der Waals surface area contributed by atoms with Gasteiger partial charge in [-0.15, -0.1) is 0 Å². The number of nitrogens with two attached hydrogens (primary N) is 1. The van der Waals surface area contributed by atoms with E-state index in [-0.39, 0.29) is 0 Å². The van der Waals surface area contributed by atoms with Gasteiger partial charge in [0.05, 0.1) is 11.4 Å². The van der Waals surface area contributed by atoms with Gasteiger partial charge in [-0.1, -0.05) is 18.5 Å². The molecule has 0 spiro atoms. The van der Waals surface area contributed by atoms with Crippen LogP contribution in [-0.2, 0) is 0 Å². The second kappa shape index (κ2) is 5.18. The highest BCUT2D eigenvalue weighted by Gasteiger charge is 2.22. The smallest absolute Gasteiger partial charge is 0.0600 e. The van der Waals surface area contributed by atoms with E-state index in [2.05, 4.69) is 18.9 Å². The molecule has 2 nitrogen and oxygen atoms in total. The monoisotopic (exact) mass is 252 g/mol. The van der Waals surface area contributed by atoms with E-state index in [4.69, 9.17) is 17.3 Å². The molecular formula is C14H21ClN2. The summed E-state index contributed by atoms with van der Waals surface area (Å²) in [6.45, 7) is 2.34. The van der Waals surface area contributed by atoms with Crippen molar-refractivity contribution in [2.75, 3.05) is 17.7 Å². The molecule has 0 amide bonds. The van der Waals surface area contributed by atoms with Crippen LogP contribution in [0.2, 0.25) is 5.02 Å². The van der Waals surface area contributed by atoms with E-state index in [9.17, 15) is 0 Å². The first-order valence-electron chi connectivity index (χ1n) is 6.36. The number of benzene rings is 1. The lowest BCUT2D eigenvalue weighted by Crippen LogP contribution is -2.35. The van der Waals surface area contributed by atoms with Gasteiger partial charge in [0.15, 0.2) is 0 Å². The van der Waals surface area contributed by atoms with Crippen LogP contribution in [-0.4, -0.2) is 13.1 Å². The van der Waals surface area contributed by atoms with E-state index in [1.54, 1.807) is 0 Å². The second-order valence-corrected chi connectivity index (χ2v) is 5.66. The molecule has 0 unspecified atom stereocenters. The second-order valence-electron chi connectivity index (χ2n) is 5.23. The van der Waals surface area contributed by atoms with Crippen molar-refractivity contribution in [1.82, 2.24) is 0 Å². The molecule has 1 aromatic carbocycles. The maximum Gasteiger partial charge on any atom is 0.0600 e. The van der Waals surface area contributed by atoms with Gasteiger partial charge in [0.1, 0.15) is 0 Å². The van der Waals surface area contributed by atoms with E-state index in [0.717, 1.165) is 17.3 Å². The van der Waals surface area contributed by atoms with Crippen molar-refractivity contribution >= 4 is 23.0 Å². The summed E-state index contributed by atoms with van der Waals surface area (Å²) in [5.41, 5.74) is 7.91. The van der Waals surface area contributed by atoms with Gasteiger partial charge < -0.3 is 10.6 Å². The van der Waals surface area contributed by atoms with E-state index in [1.165, 1.54) is 25.7 Å². The van der Waals surface area contributed by atoms with Gasteiger partial charge in [-0.25, -0.2) is 0 Å². The molecule has 0 atom stereocenters. The van der Waals surface area contributed by atoms with Crippen molar-refractivity contribution in [3.8, 4) is 0 Å². The van der Waals surface area contributed by atoms with Crippen LogP contribution < -0.4 is 10.6 Å². The van der Waals surface area contributed by atoms with E-state index in [0.29, 0.717) is 11.1 Å². The highest BCUT2D eigenvalue weighted by molar-refractivity contribution is 6.31. The number of nitrogens with zero attached hydrogens (tertiary/aromatic N) is 1. The molecule has 2 N–H and O–H groups in total. The summed E-state index contributed by atoms with van der Waals surface area (Å²) in [5.74, 6) is 0.877. The number of halogens is 1. The molecule has 3 heteroatoms. The van der Waals surface area contributed by atoms with Crippen LogP contribution in [0.5, 0.6) is 0 Å². The number of hydrogen-bond donors (Lipinski definition) is 1. The molecule has 0 radical (unpaired) electrons. The Hall–Kier alpha value is -0.890. The number of anilines is 2. The Morgan fingerprint density at radius 2 is 1.88 bits per heavy atom. The molecule has 2 rings (SSSR count). The molecule has 0 aliphatic heterocycles. The molecule has 0 bridgehead atoms. The minimum atomic E-state index is 0.620. The lowest BCUT2D eigenvalue weighted by molar-refractivity contribution is 0.341. The Labute approximate surface area is 109 Å². The Bertz CT molecular complexity index is 384. The summed E-state index contributed by atoms with van der Waals surface area (Å²) in [4.78, 5) is 2.32. The Morgan fingerprint density at radius 1 is 1.24 bits per heavy atom. The van der Waals surface area contributed by atoms with Crippen LogP contribution >= 0.6 is 11.6 Å². The first-order valence-corrected chi connectivity index (χ1v) is 6.73. The minimum absolute atomic E-state index is 0.620.